The third kappa shape index (κ3) is 5.21. The van der Waals surface area contributed by atoms with Gasteiger partial charge in [-0.15, -0.1) is 0 Å². The van der Waals surface area contributed by atoms with Gasteiger partial charge in [0.05, 0.1) is 0 Å². The molecule has 162 valence electrons. The average Bonchev–Trinajstić information content (AvgIpc) is 3.17. The molecular formula is C25H32N4O2+2. The second-order valence-corrected chi connectivity index (χ2v) is 8.67. The minimum absolute atomic E-state index is 0.0606. The van der Waals surface area contributed by atoms with E-state index in [1.807, 2.05) is 51.1 Å². The molecule has 6 nitrogen and oxygen atoms in total. The Kier molecular flexibility index (Phi) is 6.49. The summed E-state index contributed by atoms with van der Waals surface area (Å²) in [6, 6.07) is 18.1. The first-order chi connectivity index (χ1) is 15.0. The molecule has 1 aliphatic heterocycles. The lowest BCUT2D eigenvalue weighted by molar-refractivity contribution is -1.03. The van der Waals surface area contributed by atoms with Gasteiger partial charge >= 0.3 is 0 Å². The lowest BCUT2D eigenvalue weighted by atomic mass is 10.0. The van der Waals surface area contributed by atoms with Crippen molar-refractivity contribution < 1.29 is 19.1 Å². The Bertz CT molecular complexity index is 1020. The van der Waals surface area contributed by atoms with E-state index in [-0.39, 0.29) is 11.9 Å². The third-order valence-electron chi connectivity index (χ3n) is 6.16. The molecule has 6 heteroatoms. The number of carbonyl (C=O) groups is 1. The van der Waals surface area contributed by atoms with Crippen LogP contribution in [0.25, 0.3) is 0 Å². The maximum Gasteiger partial charge on any atom is 0.287 e. The van der Waals surface area contributed by atoms with E-state index in [4.69, 9.17) is 4.52 Å². The topological polar surface area (TPSA) is 64.0 Å². The Morgan fingerprint density at radius 1 is 1.03 bits per heavy atom. The summed E-state index contributed by atoms with van der Waals surface area (Å²) in [5.74, 6) is 0.913. The van der Waals surface area contributed by atoms with E-state index < -0.39 is 0 Å². The van der Waals surface area contributed by atoms with Crippen LogP contribution in [0.4, 0.5) is 5.69 Å². The highest BCUT2D eigenvalue weighted by atomic mass is 16.5. The van der Waals surface area contributed by atoms with E-state index in [0.29, 0.717) is 0 Å². The van der Waals surface area contributed by atoms with Crippen LogP contribution in [0.2, 0.25) is 0 Å². The quantitative estimate of drug-likeness (QED) is 0.563. The molecule has 0 spiro atoms. The molecule has 1 aliphatic rings. The van der Waals surface area contributed by atoms with Crippen LogP contribution in [-0.4, -0.2) is 37.2 Å². The highest BCUT2D eigenvalue weighted by Gasteiger charge is 2.36. The molecule has 1 aromatic heterocycles. The maximum atomic E-state index is 13.5. The molecule has 0 unspecified atom stereocenters. The van der Waals surface area contributed by atoms with E-state index in [0.717, 1.165) is 66.6 Å². The van der Waals surface area contributed by atoms with Crippen molar-refractivity contribution in [2.45, 2.75) is 33.4 Å². The summed E-state index contributed by atoms with van der Waals surface area (Å²) in [4.78, 5) is 16.3. The summed E-state index contributed by atoms with van der Waals surface area (Å²) in [5.41, 5.74) is 5.19. The van der Waals surface area contributed by atoms with Crippen molar-refractivity contribution in [1.29, 1.82) is 0 Å². The number of hydrogen-bond donors (Lipinski definition) is 3. The van der Waals surface area contributed by atoms with E-state index in [1.165, 1.54) is 9.80 Å². The molecule has 1 fully saturated rings. The van der Waals surface area contributed by atoms with Crippen LogP contribution in [0.1, 0.15) is 34.2 Å². The highest BCUT2D eigenvalue weighted by Crippen LogP contribution is 2.19. The summed E-state index contributed by atoms with van der Waals surface area (Å²) in [5, 5.41) is 7.35. The number of carbonyl (C=O) groups excluding carboxylic acids is 1. The molecule has 3 aromatic rings. The molecule has 1 amide bonds. The van der Waals surface area contributed by atoms with Crippen LogP contribution in [-0.2, 0) is 11.3 Å². The smallest absolute Gasteiger partial charge is 0.287 e. The monoisotopic (exact) mass is 420 g/mol. The van der Waals surface area contributed by atoms with Crippen LogP contribution < -0.4 is 15.1 Å². The molecule has 0 bridgehead atoms. The standard InChI is InChI=1S/C25H30N4O2/c1-18-9-10-19(2)23(15-18)26-25(30)24(21-7-5-4-6-8-21)29-13-11-28(12-14-29)17-22-16-20(3)31-27-22/h4-10,15-16,24H,11-14,17H2,1-3H3,(H,26,30)/p+2/t24-/m0/s1. The molecule has 31 heavy (non-hydrogen) atoms. The van der Waals surface area contributed by atoms with Crippen molar-refractivity contribution in [3.8, 4) is 0 Å². The normalized spacial score (nSPS) is 19.7. The number of nitrogens with one attached hydrogen (secondary N) is 3. The molecule has 1 atom stereocenters. The molecular weight excluding hydrogens is 388 g/mol. The lowest BCUT2D eigenvalue weighted by Gasteiger charge is -2.34. The average molecular weight is 421 g/mol. The van der Waals surface area contributed by atoms with Gasteiger partial charge < -0.3 is 19.6 Å². The van der Waals surface area contributed by atoms with E-state index >= 15 is 0 Å². The van der Waals surface area contributed by atoms with Gasteiger partial charge in [0.25, 0.3) is 5.91 Å². The molecule has 1 saturated heterocycles. The largest absolute Gasteiger partial charge is 0.361 e. The van der Waals surface area contributed by atoms with E-state index in [1.54, 1.807) is 0 Å². The zero-order chi connectivity index (χ0) is 21.8. The van der Waals surface area contributed by atoms with Crippen molar-refractivity contribution in [2.24, 2.45) is 0 Å². The van der Waals surface area contributed by atoms with Crippen molar-refractivity contribution in [2.75, 3.05) is 31.5 Å². The van der Waals surface area contributed by atoms with Crippen LogP contribution in [0.15, 0.2) is 59.1 Å². The van der Waals surface area contributed by atoms with Gasteiger partial charge in [-0.25, -0.2) is 0 Å². The number of quaternary nitrogens is 2. The Morgan fingerprint density at radius 2 is 1.77 bits per heavy atom. The van der Waals surface area contributed by atoms with Gasteiger partial charge in [0.1, 0.15) is 44.2 Å². The second kappa shape index (κ2) is 9.45. The summed E-state index contributed by atoms with van der Waals surface area (Å²) >= 11 is 0. The number of piperazine rings is 1. The fourth-order valence-corrected chi connectivity index (χ4v) is 4.44. The summed E-state index contributed by atoms with van der Waals surface area (Å²) in [6.07, 6.45) is 0. The second-order valence-electron chi connectivity index (χ2n) is 8.67. The number of amides is 1. The van der Waals surface area contributed by atoms with Crippen LogP contribution in [0.5, 0.6) is 0 Å². The van der Waals surface area contributed by atoms with Gasteiger partial charge in [-0.1, -0.05) is 47.6 Å². The molecule has 4 rings (SSSR count). The number of anilines is 1. The Morgan fingerprint density at radius 3 is 2.45 bits per heavy atom. The zero-order valence-corrected chi connectivity index (χ0v) is 18.6. The number of benzene rings is 2. The number of rotatable bonds is 6. The van der Waals surface area contributed by atoms with E-state index in [2.05, 4.69) is 34.7 Å². The minimum atomic E-state index is -0.225. The summed E-state index contributed by atoms with van der Waals surface area (Å²) in [6.45, 7) is 10.8. The predicted octanol–water partition coefficient (Wildman–Crippen LogP) is 1.26. The van der Waals surface area contributed by atoms with Crippen molar-refractivity contribution in [1.82, 2.24) is 5.16 Å². The number of aromatic nitrogens is 1. The zero-order valence-electron chi connectivity index (χ0n) is 18.6. The number of hydrogen-bond acceptors (Lipinski definition) is 3. The molecule has 2 heterocycles. The first-order valence-corrected chi connectivity index (χ1v) is 11.0. The van der Waals surface area contributed by atoms with Crippen LogP contribution >= 0.6 is 0 Å². The first-order valence-electron chi connectivity index (χ1n) is 11.0. The molecule has 3 N–H and O–H groups in total. The lowest BCUT2D eigenvalue weighted by Crippen LogP contribution is -3.28. The van der Waals surface area contributed by atoms with Gasteiger partial charge in [-0.05, 0) is 38.0 Å². The SMILES string of the molecule is Cc1ccc(C)c(NC(=O)[C@H](c2ccccc2)[NH+]2CC[NH+](Cc3cc(C)on3)CC2)c1. The van der Waals surface area contributed by atoms with Crippen LogP contribution in [0, 0.1) is 20.8 Å². The Balaban J connectivity index is 1.48. The minimum Gasteiger partial charge on any atom is -0.361 e. The summed E-state index contributed by atoms with van der Waals surface area (Å²) in [7, 11) is 0. The van der Waals surface area contributed by atoms with Crippen molar-refractivity contribution >= 4 is 11.6 Å². The molecule has 0 radical (unpaired) electrons. The van der Waals surface area contributed by atoms with Gasteiger partial charge in [0.15, 0.2) is 6.04 Å². The predicted molar refractivity (Wildman–Crippen MR) is 120 cm³/mol. The Hall–Kier alpha value is -2.96. The maximum absolute atomic E-state index is 13.5. The fourth-order valence-electron chi connectivity index (χ4n) is 4.44. The summed E-state index contributed by atoms with van der Waals surface area (Å²) < 4.78 is 5.21. The van der Waals surface area contributed by atoms with Gasteiger partial charge in [0, 0.05) is 17.3 Å². The van der Waals surface area contributed by atoms with Crippen molar-refractivity contribution in [3.05, 3.63) is 82.7 Å². The third-order valence-corrected chi connectivity index (χ3v) is 6.16. The van der Waals surface area contributed by atoms with Crippen molar-refractivity contribution in [3.63, 3.8) is 0 Å². The molecule has 0 aliphatic carbocycles. The fraction of sp³-hybridized carbons (Fsp3) is 0.360. The first kappa shape index (κ1) is 21.3. The number of nitrogens with zero attached hydrogens (tertiary/aromatic N) is 1. The van der Waals surface area contributed by atoms with Crippen LogP contribution in [0.3, 0.4) is 0 Å². The van der Waals surface area contributed by atoms with Gasteiger partial charge in [-0.2, -0.15) is 0 Å². The van der Waals surface area contributed by atoms with Gasteiger partial charge in [-0.3, -0.25) is 4.79 Å². The highest BCUT2D eigenvalue weighted by molar-refractivity contribution is 5.95. The van der Waals surface area contributed by atoms with Gasteiger partial charge in [0.2, 0.25) is 0 Å². The number of aryl methyl sites for hydroxylation is 3. The molecule has 2 aromatic carbocycles. The van der Waals surface area contributed by atoms with E-state index in [9.17, 15) is 4.79 Å². The Labute approximate surface area is 183 Å². The molecule has 0 saturated carbocycles.